The number of allylic oxidation sites excluding steroid dienone is 2. The van der Waals surface area contributed by atoms with Crippen LogP contribution in [0.1, 0.15) is 59.1 Å². The van der Waals surface area contributed by atoms with Crippen molar-refractivity contribution in [3.05, 3.63) is 65.7 Å². The van der Waals surface area contributed by atoms with Gasteiger partial charge in [-0.3, -0.25) is 0 Å². The van der Waals surface area contributed by atoms with Crippen molar-refractivity contribution in [1.82, 2.24) is 0 Å². The largest absolute Gasteiger partial charge is 0.489 e. The van der Waals surface area contributed by atoms with Crippen molar-refractivity contribution in [2.75, 3.05) is 6.61 Å². The SMILES string of the molecule is C/C=C(\CC(C)C)c1ccc(COc2ccc(OCC(=O)OC(C)(C)C)cc2)cc1. The van der Waals surface area contributed by atoms with Crippen LogP contribution in [-0.2, 0) is 16.1 Å². The molecule has 0 heterocycles. The smallest absolute Gasteiger partial charge is 0.344 e. The fourth-order valence-corrected chi connectivity index (χ4v) is 2.97. The van der Waals surface area contributed by atoms with E-state index in [9.17, 15) is 4.79 Å². The molecular formula is C26H34O4. The average molecular weight is 411 g/mol. The normalized spacial score (nSPS) is 12.0. The lowest BCUT2D eigenvalue weighted by Crippen LogP contribution is -2.27. The highest BCUT2D eigenvalue weighted by Crippen LogP contribution is 2.24. The van der Waals surface area contributed by atoms with Gasteiger partial charge in [-0.15, -0.1) is 0 Å². The third-order valence-electron chi connectivity index (χ3n) is 4.31. The summed E-state index contributed by atoms with van der Waals surface area (Å²) < 4.78 is 16.6. The van der Waals surface area contributed by atoms with Gasteiger partial charge in [-0.1, -0.05) is 44.2 Å². The fraction of sp³-hybridized carbons (Fsp3) is 0.423. The van der Waals surface area contributed by atoms with Crippen LogP contribution in [0.4, 0.5) is 0 Å². The van der Waals surface area contributed by atoms with Crippen molar-refractivity contribution in [3.8, 4) is 11.5 Å². The summed E-state index contributed by atoms with van der Waals surface area (Å²) in [6.45, 7) is 12.4. The topological polar surface area (TPSA) is 44.8 Å². The zero-order valence-corrected chi connectivity index (χ0v) is 19.0. The summed E-state index contributed by atoms with van der Waals surface area (Å²) in [5.74, 6) is 1.59. The van der Waals surface area contributed by atoms with E-state index in [4.69, 9.17) is 14.2 Å². The van der Waals surface area contributed by atoms with Crippen LogP contribution >= 0.6 is 0 Å². The van der Waals surface area contributed by atoms with Crippen molar-refractivity contribution >= 4 is 11.5 Å². The molecule has 2 rings (SSSR count). The highest BCUT2D eigenvalue weighted by molar-refractivity contribution is 5.71. The Hall–Kier alpha value is -2.75. The van der Waals surface area contributed by atoms with Crippen molar-refractivity contribution in [2.45, 2.75) is 60.2 Å². The van der Waals surface area contributed by atoms with Gasteiger partial charge in [0.2, 0.25) is 0 Å². The molecule has 0 saturated carbocycles. The average Bonchev–Trinajstić information content (AvgIpc) is 2.69. The summed E-state index contributed by atoms with van der Waals surface area (Å²) in [5, 5.41) is 0. The summed E-state index contributed by atoms with van der Waals surface area (Å²) in [6.07, 6.45) is 3.27. The van der Waals surface area contributed by atoms with Crippen molar-refractivity contribution < 1.29 is 19.0 Å². The molecule has 0 atom stereocenters. The molecule has 0 aromatic heterocycles. The van der Waals surface area contributed by atoms with Gasteiger partial charge in [0.15, 0.2) is 6.61 Å². The van der Waals surface area contributed by atoms with Crippen LogP contribution in [0.3, 0.4) is 0 Å². The minimum atomic E-state index is -0.515. The van der Waals surface area contributed by atoms with E-state index >= 15 is 0 Å². The summed E-state index contributed by atoms with van der Waals surface area (Å²) in [4.78, 5) is 11.7. The lowest BCUT2D eigenvalue weighted by Gasteiger charge is -2.19. The van der Waals surface area contributed by atoms with Crippen LogP contribution < -0.4 is 9.47 Å². The Morgan fingerprint density at radius 2 is 1.50 bits per heavy atom. The zero-order valence-electron chi connectivity index (χ0n) is 19.0. The first-order valence-electron chi connectivity index (χ1n) is 10.5. The van der Waals surface area contributed by atoms with Crippen LogP contribution in [0.2, 0.25) is 0 Å². The van der Waals surface area contributed by atoms with Crippen molar-refractivity contribution in [1.29, 1.82) is 0 Å². The number of hydrogen-bond donors (Lipinski definition) is 0. The van der Waals surface area contributed by atoms with E-state index < -0.39 is 5.60 Å². The number of hydrogen-bond acceptors (Lipinski definition) is 4. The van der Waals surface area contributed by atoms with E-state index in [1.165, 1.54) is 11.1 Å². The van der Waals surface area contributed by atoms with Crippen LogP contribution in [0, 0.1) is 5.92 Å². The van der Waals surface area contributed by atoms with Gasteiger partial charge in [0, 0.05) is 0 Å². The first-order valence-corrected chi connectivity index (χ1v) is 10.5. The molecule has 2 aromatic carbocycles. The van der Waals surface area contributed by atoms with E-state index in [-0.39, 0.29) is 12.6 Å². The molecule has 0 aliphatic carbocycles. The number of carbonyl (C=O) groups is 1. The first-order chi connectivity index (χ1) is 14.2. The fourth-order valence-electron chi connectivity index (χ4n) is 2.97. The van der Waals surface area contributed by atoms with E-state index in [1.807, 2.05) is 32.9 Å². The molecule has 0 radical (unpaired) electrons. The van der Waals surface area contributed by atoms with E-state index in [0.717, 1.165) is 17.7 Å². The van der Waals surface area contributed by atoms with Crippen molar-refractivity contribution in [2.24, 2.45) is 5.92 Å². The Morgan fingerprint density at radius 3 is 2.00 bits per heavy atom. The van der Waals surface area contributed by atoms with Gasteiger partial charge in [-0.2, -0.15) is 0 Å². The van der Waals surface area contributed by atoms with Crippen LogP contribution in [0.25, 0.3) is 5.57 Å². The Balaban J connectivity index is 1.84. The Kier molecular flexibility index (Phi) is 8.52. The Labute approximate surface area is 180 Å². The van der Waals surface area contributed by atoms with Gasteiger partial charge in [-0.25, -0.2) is 4.79 Å². The molecule has 2 aromatic rings. The van der Waals surface area contributed by atoms with Gasteiger partial charge < -0.3 is 14.2 Å². The first kappa shape index (κ1) is 23.5. The van der Waals surface area contributed by atoms with Gasteiger partial charge in [0.1, 0.15) is 23.7 Å². The lowest BCUT2D eigenvalue weighted by atomic mass is 9.95. The second-order valence-electron chi connectivity index (χ2n) is 8.74. The lowest BCUT2D eigenvalue weighted by molar-refractivity contribution is -0.157. The number of ether oxygens (including phenoxy) is 3. The predicted molar refractivity (Wildman–Crippen MR) is 122 cm³/mol. The molecular weight excluding hydrogens is 376 g/mol. The molecule has 162 valence electrons. The van der Waals surface area contributed by atoms with Gasteiger partial charge in [-0.05, 0) is 81.0 Å². The summed E-state index contributed by atoms with van der Waals surface area (Å²) in [7, 11) is 0. The monoisotopic (exact) mass is 410 g/mol. The maximum absolute atomic E-state index is 11.7. The molecule has 0 saturated heterocycles. The molecule has 0 N–H and O–H groups in total. The van der Waals surface area contributed by atoms with E-state index in [2.05, 4.69) is 51.1 Å². The minimum absolute atomic E-state index is 0.116. The molecule has 4 nitrogen and oxygen atoms in total. The molecule has 0 fully saturated rings. The number of benzene rings is 2. The molecule has 4 heteroatoms. The molecule has 30 heavy (non-hydrogen) atoms. The van der Waals surface area contributed by atoms with Gasteiger partial charge in [0.25, 0.3) is 0 Å². The molecule has 0 unspecified atom stereocenters. The standard InChI is InChI=1S/C26H34O4/c1-7-21(16-19(2)3)22-10-8-20(9-11-22)17-28-23-12-14-24(15-13-23)29-18-25(27)30-26(4,5)6/h7-15,19H,16-18H2,1-6H3/b21-7+. The number of carbonyl (C=O) groups excluding carboxylic acids is 1. The van der Waals surface area contributed by atoms with Crippen molar-refractivity contribution in [3.63, 3.8) is 0 Å². The third-order valence-corrected chi connectivity index (χ3v) is 4.31. The Bertz CT molecular complexity index is 825. The Morgan fingerprint density at radius 1 is 0.933 bits per heavy atom. The molecule has 0 bridgehead atoms. The number of esters is 1. The zero-order chi connectivity index (χ0) is 22.1. The maximum Gasteiger partial charge on any atom is 0.344 e. The van der Waals surface area contributed by atoms with Crippen LogP contribution in [0.15, 0.2) is 54.6 Å². The summed E-state index contributed by atoms with van der Waals surface area (Å²) in [5.41, 5.74) is 3.24. The summed E-state index contributed by atoms with van der Waals surface area (Å²) >= 11 is 0. The maximum atomic E-state index is 11.7. The second-order valence-corrected chi connectivity index (χ2v) is 8.74. The molecule has 0 aliphatic rings. The molecule has 0 spiro atoms. The van der Waals surface area contributed by atoms with Gasteiger partial charge >= 0.3 is 5.97 Å². The number of rotatable bonds is 9. The summed E-state index contributed by atoms with van der Waals surface area (Å²) in [6, 6.07) is 15.8. The highest BCUT2D eigenvalue weighted by Gasteiger charge is 2.16. The molecule has 0 amide bonds. The third kappa shape index (κ3) is 8.32. The molecule has 0 aliphatic heterocycles. The minimum Gasteiger partial charge on any atom is -0.489 e. The van der Waals surface area contributed by atoms with Crippen LogP contribution in [0.5, 0.6) is 11.5 Å². The predicted octanol–water partition coefficient (Wildman–Crippen LogP) is 6.44. The van der Waals surface area contributed by atoms with Gasteiger partial charge in [0.05, 0.1) is 0 Å². The highest BCUT2D eigenvalue weighted by atomic mass is 16.6. The van der Waals surface area contributed by atoms with E-state index in [0.29, 0.717) is 18.3 Å². The quantitative estimate of drug-likeness (QED) is 0.447. The second kappa shape index (κ2) is 10.9. The van der Waals surface area contributed by atoms with Crippen LogP contribution in [-0.4, -0.2) is 18.2 Å². The van der Waals surface area contributed by atoms with E-state index in [1.54, 1.807) is 12.1 Å².